The number of aliphatic hydroxyl groups excluding tert-OH is 2. The monoisotopic (exact) mass is 1130 g/mol. The summed E-state index contributed by atoms with van der Waals surface area (Å²) in [6.07, 6.45) is 65.5. The molecule has 0 radical (unpaired) electrons. The van der Waals surface area contributed by atoms with Crippen molar-refractivity contribution >= 4 is 23.9 Å². The summed E-state index contributed by atoms with van der Waals surface area (Å²) in [6, 6.07) is 0. The fourth-order valence-electron chi connectivity index (χ4n) is 8.54. The Morgan fingerprint density at radius 2 is 0.741 bits per heavy atom. The van der Waals surface area contributed by atoms with Crippen LogP contribution in [-0.4, -0.2) is 89.2 Å². The number of allylic oxidation sites excluding steroid dienone is 22. The first kappa shape index (κ1) is 73.9. The van der Waals surface area contributed by atoms with Gasteiger partial charge in [-0.1, -0.05) is 212 Å². The molecule has 1 aliphatic heterocycles. The van der Waals surface area contributed by atoms with Gasteiger partial charge in [0.1, 0.15) is 18.8 Å². The number of hydrogen-bond donors (Lipinski definition) is 3. The van der Waals surface area contributed by atoms with Crippen LogP contribution in [0.2, 0.25) is 0 Å². The van der Waals surface area contributed by atoms with E-state index in [0.29, 0.717) is 19.3 Å². The van der Waals surface area contributed by atoms with E-state index in [1.54, 1.807) is 0 Å². The molecule has 12 nitrogen and oxygen atoms in total. The van der Waals surface area contributed by atoms with Crippen molar-refractivity contribution in [3.8, 4) is 0 Å². The Bertz CT molecular complexity index is 1920. The highest BCUT2D eigenvalue weighted by Gasteiger charge is 2.50. The predicted molar refractivity (Wildman–Crippen MR) is 330 cm³/mol. The number of aliphatic hydroxyl groups is 2. The predicted octanol–water partition coefficient (Wildman–Crippen LogP) is 16.6. The van der Waals surface area contributed by atoms with Crippen LogP contribution in [-0.2, 0) is 42.9 Å². The molecule has 1 rings (SSSR count). The van der Waals surface area contributed by atoms with Crippen LogP contribution in [0, 0.1) is 0 Å². The molecule has 81 heavy (non-hydrogen) atoms. The van der Waals surface area contributed by atoms with Gasteiger partial charge in [0.15, 0.2) is 24.6 Å². The molecule has 0 aromatic heterocycles. The standard InChI is InChI=1S/C69H108O12/c1-4-7-10-13-16-19-22-25-28-30-31-33-35-37-40-43-46-49-52-55-61(70)77-58-60(79-62(71)56-53-50-47-44-41-39-36-32-29-26-23-20-17-14-11-8-5-2)59-78-69-67(65(74)64(73)66(81-69)68(75)76)80-63(72)57-54-51-48-45-42-38-34-27-24-21-18-15-12-9-6-3/h7-12,16-21,25-29,31,33-34,37,40,60,64-67,69,73-74H,4-6,13-15,22-24,30,32,35-36,38-39,41-59H2,1-3H3,(H,75,76)/b10-7-,11-8-,12-9-,19-16-,20-17-,21-18-,28-25-,29-26-,33-31-,34-27-,40-37-. The van der Waals surface area contributed by atoms with Crippen molar-refractivity contribution in [2.45, 2.75) is 263 Å². The fraction of sp³-hybridized carbons (Fsp3) is 0.623. The van der Waals surface area contributed by atoms with E-state index in [4.69, 9.17) is 23.7 Å². The topological polar surface area (TPSA) is 175 Å². The maximum absolute atomic E-state index is 13.2. The number of rotatable bonds is 51. The number of ether oxygens (including phenoxy) is 5. The molecular weight excluding hydrogens is 1020 g/mol. The minimum absolute atomic E-state index is 0.0291. The van der Waals surface area contributed by atoms with Gasteiger partial charge >= 0.3 is 23.9 Å². The van der Waals surface area contributed by atoms with Crippen molar-refractivity contribution in [1.82, 2.24) is 0 Å². The quantitative estimate of drug-likeness (QED) is 0.0228. The summed E-state index contributed by atoms with van der Waals surface area (Å²) in [5, 5.41) is 31.5. The van der Waals surface area contributed by atoms with Crippen LogP contribution in [0.3, 0.4) is 0 Å². The first-order valence-corrected chi connectivity index (χ1v) is 31.2. The summed E-state index contributed by atoms with van der Waals surface area (Å²) < 4.78 is 28.4. The molecule has 1 aliphatic rings. The largest absolute Gasteiger partial charge is 0.479 e. The highest BCUT2D eigenvalue weighted by molar-refractivity contribution is 5.74. The Labute approximate surface area is 490 Å². The molecule has 3 N–H and O–H groups in total. The van der Waals surface area contributed by atoms with Crippen molar-refractivity contribution in [2.24, 2.45) is 0 Å². The van der Waals surface area contributed by atoms with Crippen LogP contribution in [0.5, 0.6) is 0 Å². The van der Waals surface area contributed by atoms with E-state index in [0.717, 1.165) is 167 Å². The van der Waals surface area contributed by atoms with Gasteiger partial charge in [-0.2, -0.15) is 0 Å². The normalized spacial score (nSPS) is 18.7. The zero-order valence-electron chi connectivity index (χ0n) is 50.2. The van der Waals surface area contributed by atoms with Crippen molar-refractivity contribution in [3.63, 3.8) is 0 Å². The van der Waals surface area contributed by atoms with Crippen LogP contribution < -0.4 is 0 Å². The van der Waals surface area contributed by atoms with E-state index in [-0.39, 0.29) is 25.9 Å². The van der Waals surface area contributed by atoms with Crippen LogP contribution in [0.25, 0.3) is 0 Å². The van der Waals surface area contributed by atoms with Gasteiger partial charge in [-0.3, -0.25) is 14.4 Å². The smallest absolute Gasteiger partial charge is 0.335 e. The van der Waals surface area contributed by atoms with Crippen molar-refractivity contribution < 1.29 is 58.2 Å². The van der Waals surface area contributed by atoms with E-state index >= 15 is 0 Å². The maximum atomic E-state index is 13.2. The van der Waals surface area contributed by atoms with Crippen LogP contribution in [0.15, 0.2) is 134 Å². The minimum atomic E-state index is -1.92. The number of aliphatic carboxylic acids is 1. The molecular formula is C69H108O12. The zero-order valence-corrected chi connectivity index (χ0v) is 50.2. The second kappa shape index (κ2) is 55.4. The van der Waals surface area contributed by atoms with Gasteiger partial charge in [0.2, 0.25) is 0 Å². The van der Waals surface area contributed by atoms with Crippen LogP contribution in [0.4, 0.5) is 0 Å². The Kier molecular flexibility index (Phi) is 50.5. The zero-order chi connectivity index (χ0) is 58.9. The number of carboxylic acids is 1. The Morgan fingerprint density at radius 3 is 1.14 bits per heavy atom. The van der Waals surface area contributed by atoms with Crippen molar-refractivity contribution in [3.05, 3.63) is 134 Å². The number of carbonyl (C=O) groups excluding carboxylic acids is 3. The second-order valence-corrected chi connectivity index (χ2v) is 20.5. The highest BCUT2D eigenvalue weighted by atomic mass is 16.7. The molecule has 6 unspecified atom stereocenters. The Balaban J connectivity index is 2.72. The lowest BCUT2D eigenvalue weighted by Crippen LogP contribution is -2.61. The molecule has 1 saturated heterocycles. The van der Waals surface area contributed by atoms with Gasteiger partial charge in [0.05, 0.1) is 6.61 Å². The third-order valence-corrected chi connectivity index (χ3v) is 13.2. The van der Waals surface area contributed by atoms with Gasteiger partial charge in [-0.25, -0.2) is 4.79 Å². The summed E-state index contributed by atoms with van der Waals surface area (Å²) >= 11 is 0. The second-order valence-electron chi connectivity index (χ2n) is 20.5. The lowest BCUT2D eigenvalue weighted by atomic mass is 9.98. The lowest BCUT2D eigenvalue weighted by Gasteiger charge is -2.40. The summed E-state index contributed by atoms with van der Waals surface area (Å²) in [5.74, 6) is -3.21. The first-order valence-electron chi connectivity index (χ1n) is 31.2. The number of hydrogen-bond acceptors (Lipinski definition) is 11. The third kappa shape index (κ3) is 45.1. The first-order chi connectivity index (χ1) is 39.6. The molecule has 0 spiro atoms. The van der Waals surface area contributed by atoms with Gasteiger partial charge in [-0.15, -0.1) is 0 Å². The summed E-state index contributed by atoms with van der Waals surface area (Å²) in [6.45, 7) is 5.61. The molecule has 0 amide bonds. The molecule has 0 aliphatic carbocycles. The fourth-order valence-corrected chi connectivity index (χ4v) is 8.54. The molecule has 6 atom stereocenters. The molecule has 12 heteroatoms. The van der Waals surface area contributed by atoms with Gasteiger partial charge in [-0.05, 0) is 128 Å². The van der Waals surface area contributed by atoms with E-state index in [1.165, 1.54) is 0 Å². The number of esters is 3. The lowest BCUT2D eigenvalue weighted by molar-refractivity contribution is -0.301. The van der Waals surface area contributed by atoms with Crippen LogP contribution >= 0.6 is 0 Å². The molecule has 456 valence electrons. The summed E-state index contributed by atoms with van der Waals surface area (Å²) in [5.41, 5.74) is 0. The van der Waals surface area contributed by atoms with Crippen molar-refractivity contribution in [1.29, 1.82) is 0 Å². The third-order valence-electron chi connectivity index (χ3n) is 13.2. The number of unbranched alkanes of at least 4 members (excludes halogenated alkanes) is 15. The molecule has 0 saturated carbocycles. The average molecular weight is 1130 g/mol. The molecule has 1 fully saturated rings. The molecule has 0 aromatic carbocycles. The molecule has 0 aromatic rings. The van der Waals surface area contributed by atoms with E-state index in [9.17, 15) is 34.5 Å². The number of carbonyl (C=O) groups is 4. The summed E-state index contributed by atoms with van der Waals surface area (Å²) in [7, 11) is 0. The average Bonchev–Trinajstić information content (AvgIpc) is 3.53. The maximum Gasteiger partial charge on any atom is 0.335 e. The van der Waals surface area contributed by atoms with E-state index in [2.05, 4.69) is 154 Å². The van der Waals surface area contributed by atoms with Gasteiger partial charge in [0, 0.05) is 19.3 Å². The Hall–Kier alpha value is -5.14. The molecule has 1 heterocycles. The molecule has 0 bridgehead atoms. The van der Waals surface area contributed by atoms with Crippen molar-refractivity contribution in [2.75, 3.05) is 13.2 Å². The van der Waals surface area contributed by atoms with Gasteiger partial charge < -0.3 is 39.0 Å². The van der Waals surface area contributed by atoms with E-state index < -0.39 is 67.3 Å². The Morgan fingerprint density at radius 1 is 0.407 bits per heavy atom. The van der Waals surface area contributed by atoms with Gasteiger partial charge in [0.25, 0.3) is 0 Å². The minimum Gasteiger partial charge on any atom is -0.479 e. The number of carboxylic acid groups (broad SMARTS) is 1. The van der Waals surface area contributed by atoms with Crippen LogP contribution in [0.1, 0.15) is 226 Å². The SMILES string of the molecule is CC/C=C\C/C=C\C/C=C\C/C=C\C/C=C\CCCCCC(=O)OCC(COC1OC(C(=O)O)C(O)C(O)C1OC(=O)CCCCCCC/C=C\C/C=C\C/C=C\CC)OC(=O)CCCCCCCCC/C=C\C/C=C\C/C=C\CC. The summed E-state index contributed by atoms with van der Waals surface area (Å²) in [4.78, 5) is 51.3. The highest BCUT2D eigenvalue weighted by Crippen LogP contribution is 2.26. The van der Waals surface area contributed by atoms with E-state index in [1.807, 2.05) is 0 Å².